The normalized spacial score (nSPS) is 18.3. The van der Waals surface area contributed by atoms with Gasteiger partial charge in [-0.05, 0) is 44.9 Å². The second-order valence-electron chi connectivity index (χ2n) is 8.37. The van der Waals surface area contributed by atoms with Crippen LogP contribution in [0.2, 0.25) is 0 Å². The van der Waals surface area contributed by atoms with Crippen LogP contribution in [0.3, 0.4) is 0 Å². The van der Waals surface area contributed by atoms with E-state index in [1.165, 1.54) is 25.1 Å². The highest BCUT2D eigenvalue weighted by Crippen LogP contribution is 2.15. The highest BCUT2D eigenvalue weighted by atomic mass is 127. The second kappa shape index (κ2) is 16.5. The lowest BCUT2D eigenvalue weighted by molar-refractivity contribution is 0.0377. The number of guanidine groups is 1. The maximum Gasteiger partial charge on any atom is 0.191 e. The van der Waals surface area contributed by atoms with E-state index in [1.807, 2.05) is 0 Å². The molecule has 0 bridgehead atoms. The van der Waals surface area contributed by atoms with Crippen LogP contribution < -0.4 is 15.5 Å². The number of nitrogens with zero attached hydrogens (tertiary/aromatic N) is 4. The zero-order chi connectivity index (χ0) is 21.6. The quantitative estimate of drug-likeness (QED) is 0.189. The van der Waals surface area contributed by atoms with Crippen LogP contribution in [0.1, 0.15) is 26.2 Å². The molecule has 2 saturated heterocycles. The fraction of sp³-hybridized carbons (Fsp3) is 0.708. The van der Waals surface area contributed by atoms with Crippen molar-refractivity contribution in [3.8, 4) is 0 Å². The van der Waals surface area contributed by atoms with Gasteiger partial charge in [-0.3, -0.25) is 14.8 Å². The molecule has 2 N–H and O–H groups in total. The van der Waals surface area contributed by atoms with Crippen LogP contribution in [-0.2, 0) is 4.74 Å². The maximum absolute atomic E-state index is 5.41. The summed E-state index contributed by atoms with van der Waals surface area (Å²) in [5.41, 5.74) is 1.35. The lowest BCUT2D eigenvalue weighted by Gasteiger charge is -2.36. The molecule has 0 saturated carbocycles. The first kappa shape index (κ1) is 27.1. The number of halogens is 1. The van der Waals surface area contributed by atoms with Crippen molar-refractivity contribution in [3.63, 3.8) is 0 Å². The summed E-state index contributed by atoms with van der Waals surface area (Å²) in [4.78, 5) is 12.3. The number of piperazine rings is 1. The monoisotopic (exact) mass is 558 g/mol. The lowest BCUT2D eigenvalue weighted by atomic mass is 10.2. The first-order valence-electron chi connectivity index (χ1n) is 12.2. The van der Waals surface area contributed by atoms with Crippen molar-refractivity contribution < 1.29 is 4.74 Å². The molecule has 32 heavy (non-hydrogen) atoms. The molecule has 7 nitrogen and oxygen atoms in total. The van der Waals surface area contributed by atoms with Crippen LogP contribution in [0.15, 0.2) is 35.3 Å². The van der Waals surface area contributed by atoms with Gasteiger partial charge in [0.2, 0.25) is 0 Å². The summed E-state index contributed by atoms with van der Waals surface area (Å²) in [6.07, 6.45) is 3.51. The Balaban J connectivity index is 0.00000363. The first-order valence-corrected chi connectivity index (χ1v) is 12.2. The molecule has 3 rings (SSSR count). The van der Waals surface area contributed by atoms with Crippen LogP contribution in [0.4, 0.5) is 5.69 Å². The molecule has 182 valence electrons. The third-order valence-corrected chi connectivity index (χ3v) is 6.04. The van der Waals surface area contributed by atoms with E-state index in [2.05, 4.69) is 62.6 Å². The van der Waals surface area contributed by atoms with Crippen molar-refractivity contribution >= 4 is 35.6 Å². The Kier molecular flexibility index (Phi) is 14.0. The number of benzene rings is 1. The van der Waals surface area contributed by atoms with Crippen molar-refractivity contribution in [2.24, 2.45) is 4.99 Å². The molecular weight excluding hydrogens is 515 g/mol. The summed E-state index contributed by atoms with van der Waals surface area (Å²) in [6, 6.07) is 10.8. The summed E-state index contributed by atoms with van der Waals surface area (Å²) < 4.78 is 5.41. The van der Waals surface area contributed by atoms with Crippen LogP contribution >= 0.6 is 24.0 Å². The zero-order valence-electron chi connectivity index (χ0n) is 19.8. The standard InChI is InChI=1S/C24H42N6O.HI/c1-2-25-24(27-12-8-14-29-19-21-31-22-20-29)26-11-6-7-13-28-15-17-30(18-16-28)23-9-4-3-5-10-23;/h3-5,9-10H,2,6-8,11-22H2,1H3,(H2,25,26,27);1H. The predicted octanol–water partition coefficient (Wildman–Crippen LogP) is 2.48. The molecular formula is C24H43IN6O. The Bertz CT molecular complexity index is 618. The average Bonchev–Trinajstić information content (AvgIpc) is 2.83. The van der Waals surface area contributed by atoms with Crippen LogP contribution in [-0.4, -0.2) is 101 Å². The van der Waals surface area contributed by atoms with Gasteiger partial charge in [0, 0.05) is 71.1 Å². The van der Waals surface area contributed by atoms with Gasteiger partial charge in [-0.2, -0.15) is 0 Å². The predicted molar refractivity (Wildman–Crippen MR) is 146 cm³/mol. The molecule has 2 aliphatic rings. The summed E-state index contributed by atoms with van der Waals surface area (Å²) in [7, 11) is 0. The number of para-hydroxylation sites is 1. The van der Waals surface area contributed by atoms with Crippen molar-refractivity contribution in [2.75, 3.05) is 90.1 Å². The van der Waals surface area contributed by atoms with Crippen LogP contribution in [0.5, 0.6) is 0 Å². The van der Waals surface area contributed by atoms with Crippen molar-refractivity contribution in [3.05, 3.63) is 30.3 Å². The molecule has 0 unspecified atom stereocenters. The van der Waals surface area contributed by atoms with Crippen molar-refractivity contribution in [1.29, 1.82) is 0 Å². The number of aliphatic imine (C=N–C) groups is 1. The van der Waals surface area contributed by atoms with Gasteiger partial charge in [-0.15, -0.1) is 24.0 Å². The van der Waals surface area contributed by atoms with Gasteiger partial charge in [0.25, 0.3) is 0 Å². The Morgan fingerprint density at radius 1 is 0.875 bits per heavy atom. The van der Waals surface area contributed by atoms with Gasteiger partial charge < -0.3 is 20.3 Å². The van der Waals surface area contributed by atoms with E-state index in [1.54, 1.807) is 0 Å². The third kappa shape index (κ3) is 10.2. The molecule has 0 atom stereocenters. The minimum Gasteiger partial charge on any atom is -0.379 e. The van der Waals surface area contributed by atoms with Gasteiger partial charge in [0.15, 0.2) is 5.96 Å². The minimum atomic E-state index is 0. The molecule has 1 aromatic rings. The smallest absolute Gasteiger partial charge is 0.191 e. The van der Waals surface area contributed by atoms with Crippen molar-refractivity contribution in [2.45, 2.75) is 26.2 Å². The maximum atomic E-state index is 5.41. The first-order chi connectivity index (χ1) is 15.3. The second-order valence-corrected chi connectivity index (χ2v) is 8.37. The summed E-state index contributed by atoms with van der Waals surface area (Å²) in [6.45, 7) is 15.6. The van der Waals surface area contributed by atoms with Gasteiger partial charge in [0.05, 0.1) is 13.2 Å². The Hall–Kier alpha value is -1.10. The lowest BCUT2D eigenvalue weighted by Crippen LogP contribution is -2.46. The van der Waals surface area contributed by atoms with Gasteiger partial charge >= 0.3 is 0 Å². The zero-order valence-corrected chi connectivity index (χ0v) is 22.1. The number of unbranched alkanes of at least 4 members (excludes halogenated alkanes) is 1. The molecule has 8 heteroatoms. The average molecular weight is 559 g/mol. The number of anilines is 1. The Morgan fingerprint density at radius 3 is 2.28 bits per heavy atom. The number of rotatable bonds is 11. The highest BCUT2D eigenvalue weighted by Gasteiger charge is 2.16. The number of ether oxygens (including phenoxy) is 1. The highest BCUT2D eigenvalue weighted by molar-refractivity contribution is 14.0. The fourth-order valence-electron chi connectivity index (χ4n) is 4.19. The van der Waals surface area contributed by atoms with E-state index < -0.39 is 0 Å². The number of hydrogen-bond donors (Lipinski definition) is 2. The van der Waals surface area contributed by atoms with Gasteiger partial charge in [-0.25, -0.2) is 0 Å². The number of hydrogen-bond acceptors (Lipinski definition) is 5. The third-order valence-electron chi connectivity index (χ3n) is 6.04. The Morgan fingerprint density at radius 2 is 1.56 bits per heavy atom. The Labute approximate surface area is 212 Å². The molecule has 0 aliphatic carbocycles. The molecule has 0 radical (unpaired) electrons. The summed E-state index contributed by atoms with van der Waals surface area (Å²) in [5, 5.41) is 6.88. The van der Waals surface area contributed by atoms with Crippen LogP contribution in [0, 0.1) is 0 Å². The van der Waals surface area contributed by atoms with E-state index in [4.69, 9.17) is 9.73 Å². The molecule has 2 fully saturated rings. The number of nitrogens with one attached hydrogen (secondary N) is 2. The van der Waals surface area contributed by atoms with Crippen molar-refractivity contribution in [1.82, 2.24) is 20.4 Å². The van der Waals surface area contributed by atoms with Crippen LogP contribution in [0.25, 0.3) is 0 Å². The molecule has 2 aliphatic heterocycles. The van der Waals surface area contributed by atoms with E-state index in [0.717, 1.165) is 91.0 Å². The van der Waals surface area contributed by atoms with E-state index >= 15 is 0 Å². The molecule has 0 amide bonds. The largest absolute Gasteiger partial charge is 0.379 e. The molecule has 0 spiro atoms. The molecule has 0 aromatic heterocycles. The SMILES string of the molecule is CCNC(=NCCCN1CCOCC1)NCCCCN1CCN(c2ccccc2)CC1.I. The van der Waals surface area contributed by atoms with E-state index in [9.17, 15) is 0 Å². The molecule has 1 aromatic carbocycles. The van der Waals surface area contributed by atoms with E-state index in [-0.39, 0.29) is 24.0 Å². The fourth-order valence-corrected chi connectivity index (χ4v) is 4.19. The number of morpholine rings is 1. The van der Waals surface area contributed by atoms with Gasteiger partial charge in [-0.1, -0.05) is 18.2 Å². The molecule has 2 heterocycles. The summed E-state index contributed by atoms with van der Waals surface area (Å²) >= 11 is 0. The van der Waals surface area contributed by atoms with E-state index in [0.29, 0.717) is 0 Å². The topological polar surface area (TPSA) is 55.4 Å². The van der Waals surface area contributed by atoms with Gasteiger partial charge in [0.1, 0.15) is 0 Å². The summed E-state index contributed by atoms with van der Waals surface area (Å²) in [5.74, 6) is 0.959. The minimum absolute atomic E-state index is 0.